The highest BCUT2D eigenvalue weighted by molar-refractivity contribution is 6.30. The summed E-state index contributed by atoms with van der Waals surface area (Å²) in [5.74, 6) is -4.19. The van der Waals surface area contributed by atoms with Crippen LogP contribution in [0.25, 0.3) is 0 Å². The number of carboxylic acid groups (broad SMARTS) is 1. The van der Waals surface area contributed by atoms with Crippen LogP contribution >= 0.6 is 11.6 Å². The first-order valence-corrected chi connectivity index (χ1v) is 4.93. The molecule has 1 amide bonds. The third-order valence-corrected chi connectivity index (χ3v) is 2.00. The van der Waals surface area contributed by atoms with E-state index >= 15 is 0 Å². The summed E-state index contributed by atoms with van der Waals surface area (Å²) in [5, 5.41) is 24.9. The summed E-state index contributed by atoms with van der Waals surface area (Å²) < 4.78 is 0. The number of aliphatic carboxylic acids is 1. The van der Waals surface area contributed by atoms with E-state index in [4.69, 9.17) is 27.5 Å². The summed E-state index contributed by atoms with van der Waals surface area (Å²) in [6.07, 6.45) is 0. The zero-order valence-corrected chi connectivity index (χ0v) is 9.63. The van der Waals surface area contributed by atoms with Gasteiger partial charge in [-0.3, -0.25) is 4.79 Å². The molecule has 0 aliphatic rings. The molecule has 0 radical (unpaired) electrons. The van der Waals surface area contributed by atoms with Gasteiger partial charge in [0.25, 0.3) is 5.91 Å². The van der Waals surface area contributed by atoms with Gasteiger partial charge in [-0.05, 0) is 24.3 Å². The number of halogens is 1. The molecule has 8 heteroatoms. The molecular weight excluding hydrogens is 262 g/mol. The number of benzene rings is 1. The van der Waals surface area contributed by atoms with Crippen molar-refractivity contribution in [2.24, 2.45) is 16.0 Å². The quantitative estimate of drug-likeness (QED) is 0.437. The molecule has 0 unspecified atom stereocenters. The molecule has 1 rings (SSSR count). The highest BCUT2D eigenvalue weighted by Gasteiger charge is 2.17. The van der Waals surface area contributed by atoms with Crippen molar-refractivity contribution in [1.82, 2.24) is 0 Å². The molecule has 0 saturated carbocycles. The Hall–Kier alpha value is -2.41. The molecule has 0 aliphatic heterocycles. The molecular formula is C10H8ClN3O4. The molecule has 0 heterocycles. The largest absolute Gasteiger partial charge is 0.500 e. The first-order chi connectivity index (χ1) is 8.41. The number of hydrogen-bond acceptors (Lipinski definition) is 5. The molecule has 1 aromatic rings. The van der Waals surface area contributed by atoms with Crippen LogP contribution in [0.1, 0.15) is 0 Å². The van der Waals surface area contributed by atoms with Gasteiger partial charge in [0.1, 0.15) is 0 Å². The first-order valence-electron chi connectivity index (χ1n) is 4.55. The SMILES string of the molecule is NC(=O)/C(N=Nc1ccc(Cl)cc1)=C(/O)C(=O)O. The van der Waals surface area contributed by atoms with Gasteiger partial charge in [0, 0.05) is 5.02 Å². The Kier molecular flexibility index (Phi) is 4.39. The van der Waals surface area contributed by atoms with Crippen LogP contribution < -0.4 is 5.73 Å². The third-order valence-electron chi connectivity index (χ3n) is 1.75. The zero-order valence-electron chi connectivity index (χ0n) is 8.87. The number of azo groups is 1. The van der Waals surface area contributed by atoms with Crippen LogP contribution in [0.2, 0.25) is 5.02 Å². The fourth-order valence-corrected chi connectivity index (χ4v) is 1.06. The summed E-state index contributed by atoms with van der Waals surface area (Å²) in [5.41, 5.74) is 4.35. The number of carbonyl (C=O) groups excluding carboxylic acids is 1. The maximum Gasteiger partial charge on any atom is 0.373 e. The minimum atomic E-state index is -1.72. The van der Waals surface area contributed by atoms with Crippen molar-refractivity contribution in [3.63, 3.8) is 0 Å². The van der Waals surface area contributed by atoms with Gasteiger partial charge in [-0.15, -0.1) is 5.11 Å². The Bertz CT molecular complexity index is 537. The Balaban J connectivity index is 3.06. The number of carboxylic acids is 1. The van der Waals surface area contributed by atoms with Crippen LogP contribution in [0.5, 0.6) is 0 Å². The summed E-state index contributed by atoms with van der Waals surface area (Å²) in [6, 6.07) is 6.03. The van der Waals surface area contributed by atoms with Gasteiger partial charge >= 0.3 is 5.97 Å². The van der Waals surface area contributed by atoms with Crippen LogP contribution in [0, 0.1) is 0 Å². The van der Waals surface area contributed by atoms with E-state index in [1.165, 1.54) is 24.3 Å². The Morgan fingerprint density at radius 3 is 2.17 bits per heavy atom. The van der Waals surface area contributed by atoms with Gasteiger partial charge in [-0.2, -0.15) is 5.11 Å². The molecule has 94 valence electrons. The minimum Gasteiger partial charge on any atom is -0.500 e. The molecule has 7 nitrogen and oxygen atoms in total. The molecule has 0 atom stereocenters. The molecule has 0 spiro atoms. The number of hydrogen-bond donors (Lipinski definition) is 3. The van der Waals surface area contributed by atoms with Gasteiger partial charge in [-0.25, -0.2) is 4.79 Å². The zero-order chi connectivity index (χ0) is 13.7. The molecule has 0 fully saturated rings. The minimum absolute atomic E-state index is 0.316. The number of amides is 1. The lowest BCUT2D eigenvalue weighted by molar-refractivity contribution is -0.136. The predicted octanol–water partition coefficient (Wildman–Crippen LogP) is 1.76. The van der Waals surface area contributed by atoms with Gasteiger partial charge in [-0.1, -0.05) is 11.6 Å². The van der Waals surface area contributed by atoms with E-state index in [-0.39, 0.29) is 0 Å². The van der Waals surface area contributed by atoms with Gasteiger partial charge in [0.2, 0.25) is 5.76 Å². The molecule has 0 bridgehead atoms. The highest BCUT2D eigenvalue weighted by atomic mass is 35.5. The van der Waals surface area contributed by atoms with Crippen molar-refractivity contribution in [1.29, 1.82) is 0 Å². The highest BCUT2D eigenvalue weighted by Crippen LogP contribution is 2.18. The maximum atomic E-state index is 10.9. The predicted molar refractivity (Wildman–Crippen MR) is 62.5 cm³/mol. The number of carbonyl (C=O) groups is 2. The average molecular weight is 270 g/mol. The van der Waals surface area contributed by atoms with E-state index in [1.54, 1.807) is 0 Å². The first kappa shape index (κ1) is 13.7. The van der Waals surface area contributed by atoms with E-state index in [9.17, 15) is 9.59 Å². The summed E-state index contributed by atoms with van der Waals surface area (Å²) in [6.45, 7) is 0. The molecule has 4 N–H and O–H groups in total. The maximum absolute atomic E-state index is 10.9. The van der Waals surface area contributed by atoms with Crippen molar-refractivity contribution in [3.05, 3.63) is 40.7 Å². The fraction of sp³-hybridized carbons (Fsp3) is 0. The van der Waals surface area contributed by atoms with Crippen LogP contribution in [0.4, 0.5) is 5.69 Å². The topological polar surface area (TPSA) is 125 Å². The second kappa shape index (κ2) is 5.78. The van der Waals surface area contributed by atoms with E-state index in [0.29, 0.717) is 10.7 Å². The monoisotopic (exact) mass is 269 g/mol. The van der Waals surface area contributed by atoms with Crippen molar-refractivity contribution < 1.29 is 19.8 Å². The number of aliphatic hydroxyl groups excluding tert-OH is 1. The number of nitrogens with two attached hydrogens (primary N) is 1. The molecule has 0 aromatic heterocycles. The van der Waals surface area contributed by atoms with Gasteiger partial charge in [0.15, 0.2) is 5.70 Å². The van der Waals surface area contributed by atoms with Gasteiger partial charge < -0.3 is 15.9 Å². The van der Waals surface area contributed by atoms with Crippen LogP contribution in [-0.4, -0.2) is 22.1 Å². The lowest BCUT2D eigenvalue weighted by Crippen LogP contribution is -2.17. The molecule has 0 aliphatic carbocycles. The molecule has 1 aromatic carbocycles. The lowest BCUT2D eigenvalue weighted by Gasteiger charge is -1.97. The standard InChI is InChI=1S/C10H8ClN3O4/c11-5-1-3-6(4-2-5)13-14-7(9(12)16)8(15)10(17)18/h1-4,15H,(H2,12,16)(H,17,18)/b8-7-,14-13?. The average Bonchev–Trinajstić information content (AvgIpc) is 2.31. The van der Waals surface area contributed by atoms with E-state index in [0.717, 1.165) is 0 Å². The van der Waals surface area contributed by atoms with E-state index in [2.05, 4.69) is 10.2 Å². The lowest BCUT2D eigenvalue weighted by atomic mass is 10.3. The summed E-state index contributed by atoms with van der Waals surface area (Å²) in [4.78, 5) is 21.4. The summed E-state index contributed by atoms with van der Waals surface area (Å²) >= 11 is 5.64. The van der Waals surface area contributed by atoms with E-state index in [1.807, 2.05) is 0 Å². The molecule has 0 saturated heterocycles. The van der Waals surface area contributed by atoms with Crippen LogP contribution in [0.3, 0.4) is 0 Å². The number of rotatable bonds is 4. The third kappa shape index (κ3) is 3.56. The van der Waals surface area contributed by atoms with Crippen LogP contribution in [0.15, 0.2) is 46.0 Å². The fourth-order valence-electron chi connectivity index (χ4n) is 0.930. The molecule has 18 heavy (non-hydrogen) atoms. The van der Waals surface area contributed by atoms with Crippen molar-refractivity contribution >= 4 is 29.2 Å². The normalized spacial score (nSPS) is 12.3. The van der Waals surface area contributed by atoms with Crippen molar-refractivity contribution in [3.8, 4) is 0 Å². The Labute approximate surface area is 106 Å². The van der Waals surface area contributed by atoms with E-state index < -0.39 is 23.3 Å². The number of nitrogens with zero attached hydrogens (tertiary/aromatic N) is 2. The smallest absolute Gasteiger partial charge is 0.373 e. The summed E-state index contributed by atoms with van der Waals surface area (Å²) in [7, 11) is 0. The number of primary amides is 1. The second-order valence-electron chi connectivity index (χ2n) is 3.04. The number of aliphatic hydroxyl groups is 1. The van der Waals surface area contributed by atoms with Crippen molar-refractivity contribution in [2.45, 2.75) is 0 Å². The Morgan fingerprint density at radius 1 is 1.17 bits per heavy atom. The Morgan fingerprint density at radius 2 is 1.72 bits per heavy atom. The van der Waals surface area contributed by atoms with Crippen LogP contribution in [-0.2, 0) is 9.59 Å². The second-order valence-corrected chi connectivity index (χ2v) is 3.48. The van der Waals surface area contributed by atoms with Crippen molar-refractivity contribution in [2.75, 3.05) is 0 Å². The van der Waals surface area contributed by atoms with Gasteiger partial charge in [0.05, 0.1) is 5.69 Å².